The maximum Gasteiger partial charge on any atom is 0.259 e. The Morgan fingerprint density at radius 2 is 1.85 bits per heavy atom. The van der Waals surface area contributed by atoms with Crippen molar-refractivity contribution >= 4 is 55.4 Å². The zero-order valence-corrected chi connectivity index (χ0v) is 19.4. The number of rotatable bonds is 3. The van der Waals surface area contributed by atoms with Gasteiger partial charge in [0.1, 0.15) is 0 Å². The van der Waals surface area contributed by atoms with Gasteiger partial charge < -0.3 is 14.3 Å². The monoisotopic (exact) mass is 472 g/mol. The lowest BCUT2D eigenvalue weighted by Gasteiger charge is -2.42. The second-order valence-corrected chi connectivity index (χ2v) is 10.2. The van der Waals surface area contributed by atoms with Crippen molar-refractivity contribution in [3.63, 3.8) is 0 Å². The Hall–Kier alpha value is -3.20. The molecule has 3 aliphatic rings. The van der Waals surface area contributed by atoms with Gasteiger partial charge in [-0.2, -0.15) is 0 Å². The van der Waals surface area contributed by atoms with E-state index in [0.717, 1.165) is 71.4 Å². The third-order valence-electron chi connectivity index (χ3n) is 7.53. The summed E-state index contributed by atoms with van der Waals surface area (Å²) in [6.45, 7) is 3.64. The van der Waals surface area contributed by atoms with Crippen LogP contribution in [0.2, 0.25) is 0 Å². The zero-order valence-electron chi connectivity index (χ0n) is 18.5. The maximum atomic E-state index is 13.2. The van der Waals surface area contributed by atoms with Crippen LogP contribution in [0.3, 0.4) is 0 Å². The van der Waals surface area contributed by atoms with Gasteiger partial charge in [-0.3, -0.25) is 19.8 Å². The fourth-order valence-electron chi connectivity index (χ4n) is 5.91. The Morgan fingerprint density at radius 1 is 1.00 bits per heavy atom. The quantitative estimate of drug-likeness (QED) is 0.445. The summed E-state index contributed by atoms with van der Waals surface area (Å²) in [5.74, 6) is -0.664. The first-order valence-electron chi connectivity index (χ1n) is 11.8. The van der Waals surface area contributed by atoms with Gasteiger partial charge in [-0.05, 0) is 30.4 Å². The summed E-state index contributed by atoms with van der Waals surface area (Å²) in [6, 6.07) is 10.9. The van der Waals surface area contributed by atoms with Crippen molar-refractivity contribution in [2.75, 3.05) is 26.3 Å². The molecule has 172 valence electrons. The lowest BCUT2D eigenvalue weighted by atomic mass is 9.96. The van der Waals surface area contributed by atoms with Crippen molar-refractivity contribution in [3.8, 4) is 0 Å². The summed E-state index contributed by atoms with van der Waals surface area (Å²) in [5, 5.41) is 5.55. The van der Waals surface area contributed by atoms with E-state index in [1.54, 1.807) is 11.3 Å². The minimum absolute atomic E-state index is 0.321. The molecule has 2 atom stereocenters. The van der Waals surface area contributed by atoms with E-state index in [1.807, 2.05) is 29.8 Å². The van der Waals surface area contributed by atoms with E-state index < -0.39 is 0 Å². The lowest BCUT2D eigenvalue weighted by molar-refractivity contribution is -0.122. The van der Waals surface area contributed by atoms with Gasteiger partial charge in [-0.15, -0.1) is 11.3 Å². The molecular formula is C26H24N4O3S. The summed E-state index contributed by atoms with van der Waals surface area (Å²) in [6.07, 6.45) is 6.01. The van der Waals surface area contributed by atoms with Crippen LogP contribution in [0.5, 0.6) is 0 Å². The number of benzene rings is 1. The Morgan fingerprint density at radius 3 is 2.76 bits per heavy atom. The van der Waals surface area contributed by atoms with E-state index in [0.29, 0.717) is 23.2 Å². The number of hydrogen-bond acceptors (Lipinski definition) is 5. The van der Waals surface area contributed by atoms with Crippen LogP contribution in [0.15, 0.2) is 48.1 Å². The molecule has 0 spiro atoms. The number of para-hydroxylation sites is 1. The van der Waals surface area contributed by atoms with E-state index in [1.165, 1.54) is 0 Å². The number of H-pyrrole nitrogens is 1. The largest absolute Gasteiger partial charge is 0.378 e. The number of thiophene rings is 1. The Kier molecular flexibility index (Phi) is 4.55. The third-order valence-corrected chi connectivity index (χ3v) is 8.48. The maximum absolute atomic E-state index is 13.2. The van der Waals surface area contributed by atoms with Gasteiger partial charge in [-0.25, -0.2) is 0 Å². The number of imide groups is 1. The first-order chi connectivity index (χ1) is 16.7. The van der Waals surface area contributed by atoms with Crippen molar-refractivity contribution in [2.45, 2.75) is 24.9 Å². The van der Waals surface area contributed by atoms with Crippen molar-refractivity contribution in [1.82, 2.24) is 19.8 Å². The second kappa shape index (κ2) is 7.66. The Bertz CT molecular complexity index is 1490. The molecule has 3 aromatic heterocycles. The van der Waals surface area contributed by atoms with E-state index in [2.05, 4.69) is 38.1 Å². The Labute approximate surface area is 200 Å². The molecule has 8 heteroatoms. The standard InChI is InChI=1S/C26H24N4O3S/c31-25-22(18-12-27-20-6-10-34-24(18)20)23(26(32)28-25)19-13-30(21-4-2-1-3-17(19)21)15-5-7-29-8-9-33-14-16(29)11-15/h1-4,6,10,12-13,15-16,27H,5,7-9,11,14H2,(H,28,31,32). The fourth-order valence-corrected chi connectivity index (χ4v) is 6.79. The predicted octanol–water partition coefficient (Wildman–Crippen LogP) is 3.79. The number of carbonyl (C=O) groups is 2. The number of ether oxygens (including phenoxy) is 1. The molecule has 2 fully saturated rings. The van der Waals surface area contributed by atoms with Crippen molar-refractivity contribution in [1.29, 1.82) is 0 Å². The average Bonchev–Trinajstić information content (AvgIpc) is 3.61. The summed E-state index contributed by atoms with van der Waals surface area (Å²) in [4.78, 5) is 31.9. The number of hydrogen-bond donors (Lipinski definition) is 2. The zero-order chi connectivity index (χ0) is 22.8. The normalized spacial score (nSPS) is 23.8. The van der Waals surface area contributed by atoms with Crippen LogP contribution in [0.25, 0.3) is 32.3 Å². The molecule has 7 rings (SSSR count). The molecule has 0 radical (unpaired) electrons. The highest BCUT2D eigenvalue weighted by Crippen LogP contribution is 2.41. The molecule has 7 nitrogen and oxygen atoms in total. The molecule has 0 saturated carbocycles. The second-order valence-electron chi connectivity index (χ2n) is 9.31. The summed E-state index contributed by atoms with van der Waals surface area (Å²) in [5.41, 5.74) is 4.60. The van der Waals surface area contributed by atoms with E-state index >= 15 is 0 Å². The minimum atomic E-state index is -0.334. The molecule has 2 unspecified atom stereocenters. The van der Waals surface area contributed by atoms with Gasteiger partial charge in [0.25, 0.3) is 11.8 Å². The molecule has 4 aromatic rings. The molecule has 1 aromatic carbocycles. The van der Waals surface area contributed by atoms with E-state index in [-0.39, 0.29) is 11.8 Å². The van der Waals surface area contributed by atoms with Gasteiger partial charge in [0.2, 0.25) is 0 Å². The smallest absolute Gasteiger partial charge is 0.259 e. The number of nitrogens with one attached hydrogen (secondary N) is 2. The van der Waals surface area contributed by atoms with Gasteiger partial charge in [0.05, 0.1) is 34.6 Å². The summed E-state index contributed by atoms with van der Waals surface area (Å²) in [7, 11) is 0. The van der Waals surface area contributed by atoms with Gasteiger partial charge in [0, 0.05) is 59.6 Å². The Balaban J connectivity index is 1.39. The molecule has 6 heterocycles. The predicted molar refractivity (Wildman–Crippen MR) is 133 cm³/mol. The van der Waals surface area contributed by atoms with E-state index in [4.69, 9.17) is 4.74 Å². The molecule has 2 amide bonds. The minimum Gasteiger partial charge on any atom is -0.378 e. The number of carbonyl (C=O) groups excluding carboxylic acids is 2. The average molecular weight is 473 g/mol. The lowest BCUT2D eigenvalue weighted by Crippen LogP contribution is -2.50. The SMILES string of the molecule is O=C1NC(=O)C(c2c[nH]c3ccsc23)=C1c1cn(C2CCN3CCOCC3C2)c2ccccc12. The fraction of sp³-hybridized carbons (Fsp3) is 0.308. The van der Waals surface area contributed by atoms with Gasteiger partial charge >= 0.3 is 0 Å². The molecule has 2 saturated heterocycles. The van der Waals surface area contributed by atoms with Crippen LogP contribution >= 0.6 is 11.3 Å². The van der Waals surface area contributed by atoms with Crippen LogP contribution in [0.4, 0.5) is 0 Å². The number of piperidine rings is 1. The topological polar surface area (TPSA) is 79.4 Å². The number of morpholine rings is 1. The highest BCUT2D eigenvalue weighted by molar-refractivity contribution is 7.17. The van der Waals surface area contributed by atoms with Crippen LogP contribution in [-0.4, -0.2) is 58.6 Å². The van der Waals surface area contributed by atoms with Crippen LogP contribution < -0.4 is 5.32 Å². The van der Waals surface area contributed by atoms with Crippen LogP contribution in [0.1, 0.15) is 30.0 Å². The summed E-state index contributed by atoms with van der Waals surface area (Å²) >= 11 is 1.57. The number of aromatic amines is 1. The number of aromatic nitrogens is 2. The van der Waals surface area contributed by atoms with Crippen LogP contribution in [-0.2, 0) is 14.3 Å². The van der Waals surface area contributed by atoms with Crippen molar-refractivity contribution in [3.05, 3.63) is 59.2 Å². The molecule has 3 aliphatic heterocycles. The van der Waals surface area contributed by atoms with Crippen LogP contribution in [0, 0.1) is 0 Å². The van der Waals surface area contributed by atoms with Gasteiger partial charge in [0.15, 0.2) is 0 Å². The first-order valence-corrected chi connectivity index (χ1v) is 12.6. The van der Waals surface area contributed by atoms with Crippen molar-refractivity contribution < 1.29 is 14.3 Å². The van der Waals surface area contributed by atoms with E-state index in [9.17, 15) is 9.59 Å². The van der Waals surface area contributed by atoms with Crippen molar-refractivity contribution in [2.24, 2.45) is 0 Å². The summed E-state index contributed by atoms with van der Waals surface area (Å²) < 4.78 is 9.08. The number of nitrogens with zero attached hydrogens (tertiary/aromatic N) is 2. The number of fused-ring (bicyclic) bond motifs is 3. The number of amides is 2. The third kappa shape index (κ3) is 2.95. The molecule has 0 aliphatic carbocycles. The molecule has 2 N–H and O–H groups in total. The highest BCUT2D eigenvalue weighted by Gasteiger charge is 2.37. The molecule has 0 bridgehead atoms. The molecular weight excluding hydrogens is 448 g/mol. The van der Waals surface area contributed by atoms with Gasteiger partial charge in [-0.1, -0.05) is 18.2 Å². The molecule has 34 heavy (non-hydrogen) atoms. The highest BCUT2D eigenvalue weighted by atomic mass is 32.1. The first kappa shape index (κ1) is 20.2.